The van der Waals surface area contributed by atoms with Crippen molar-refractivity contribution < 1.29 is 14.3 Å². The second-order valence-electron chi connectivity index (χ2n) is 8.25. The van der Waals surface area contributed by atoms with Gasteiger partial charge in [-0.3, -0.25) is 14.3 Å². The van der Waals surface area contributed by atoms with Gasteiger partial charge in [0.15, 0.2) is 5.69 Å². The van der Waals surface area contributed by atoms with Crippen molar-refractivity contribution in [2.45, 2.75) is 44.9 Å². The third-order valence-corrected chi connectivity index (χ3v) is 6.60. The van der Waals surface area contributed by atoms with E-state index in [-0.39, 0.29) is 11.8 Å². The summed E-state index contributed by atoms with van der Waals surface area (Å²) in [6, 6.07) is 0. The van der Waals surface area contributed by atoms with Crippen LogP contribution in [0.1, 0.15) is 53.8 Å². The van der Waals surface area contributed by atoms with Gasteiger partial charge in [0.1, 0.15) is 0 Å². The quantitative estimate of drug-likeness (QED) is 0.799. The summed E-state index contributed by atoms with van der Waals surface area (Å²) in [6.45, 7) is 3.17. The lowest BCUT2D eigenvalue weighted by Gasteiger charge is -2.39. The number of carbonyl (C=O) groups excluding carboxylic acids is 2. The number of piperidine rings is 1. The lowest BCUT2D eigenvalue weighted by molar-refractivity contribution is -0.146. The second-order valence-corrected chi connectivity index (χ2v) is 8.25. The number of methoxy groups -OCH3 is 1. The summed E-state index contributed by atoms with van der Waals surface area (Å²) in [5.41, 5.74) is 2.55. The number of ether oxygens (including phenoxy) is 1. The first-order valence-electron chi connectivity index (χ1n) is 10.2. The van der Waals surface area contributed by atoms with E-state index in [4.69, 9.17) is 4.74 Å². The molecule has 0 radical (unpaired) electrons. The van der Waals surface area contributed by atoms with Crippen LogP contribution in [0.15, 0.2) is 0 Å². The molecule has 1 aromatic heterocycles. The number of nitrogens with zero attached hydrogens (tertiary/aromatic N) is 4. The van der Waals surface area contributed by atoms with Crippen LogP contribution >= 0.6 is 0 Å². The third kappa shape index (κ3) is 3.16. The molecule has 2 aliphatic heterocycles. The van der Waals surface area contributed by atoms with Crippen molar-refractivity contribution in [3.8, 4) is 0 Å². The first kappa shape index (κ1) is 18.5. The van der Waals surface area contributed by atoms with Crippen LogP contribution < -0.4 is 0 Å². The maximum Gasteiger partial charge on any atom is 0.274 e. The van der Waals surface area contributed by atoms with Crippen molar-refractivity contribution in [1.82, 2.24) is 19.6 Å². The van der Waals surface area contributed by atoms with Crippen LogP contribution in [-0.4, -0.2) is 71.3 Å². The third-order valence-electron chi connectivity index (χ3n) is 6.60. The second kappa shape index (κ2) is 7.26. The normalized spacial score (nSPS) is 25.3. The molecule has 1 aromatic rings. The molecule has 3 heterocycles. The molecular formula is C20H30N4O3. The van der Waals surface area contributed by atoms with Gasteiger partial charge in [-0.05, 0) is 44.9 Å². The van der Waals surface area contributed by atoms with Crippen LogP contribution in [0.3, 0.4) is 0 Å². The number of likely N-dealkylation sites (tertiary alicyclic amines) is 2. The summed E-state index contributed by atoms with van der Waals surface area (Å²) < 4.78 is 7.03. The van der Waals surface area contributed by atoms with Gasteiger partial charge in [-0.1, -0.05) is 0 Å². The summed E-state index contributed by atoms with van der Waals surface area (Å²) in [7, 11) is 3.60. The van der Waals surface area contributed by atoms with E-state index in [0.717, 1.165) is 50.6 Å². The monoisotopic (exact) mass is 374 g/mol. The van der Waals surface area contributed by atoms with Crippen molar-refractivity contribution in [2.75, 3.05) is 39.9 Å². The number of hydrogen-bond acceptors (Lipinski definition) is 4. The average Bonchev–Trinajstić information content (AvgIpc) is 3.26. The molecule has 1 spiro atoms. The Labute approximate surface area is 160 Å². The van der Waals surface area contributed by atoms with Crippen molar-refractivity contribution in [3.05, 3.63) is 17.0 Å². The number of hydrogen-bond donors (Lipinski definition) is 0. The highest BCUT2D eigenvalue weighted by Gasteiger charge is 2.49. The highest BCUT2D eigenvalue weighted by atomic mass is 16.5. The van der Waals surface area contributed by atoms with Crippen LogP contribution in [-0.2, 0) is 29.4 Å². The molecule has 0 unspecified atom stereocenters. The Bertz CT molecular complexity index is 744. The number of aromatic nitrogens is 2. The maximum atomic E-state index is 13.2. The number of aryl methyl sites for hydroxylation is 1. The molecule has 0 N–H and O–H groups in total. The molecule has 0 aromatic carbocycles. The summed E-state index contributed by atoms with van der Waals surface area (Å²) in [5.74, 6) is 0.205. The molecule has 27 heavy (non-hydrogen) atoms. The zero-order valence-electron chi connectivity index (χ0n) is 16.5. The van der Waals surface area contributed by atoms with E-state index in [2.05, 4.69) is 5.10 Å². The Morgan fingerprint density at radius 1 is 1.19 bits per heavy atom. The predicted octanol–water partition coefficient (Wildman–Crippen LogP) is 1.40. The first-order chi connectivity index (χ1) is 13.1. The summed E-state index contributed by atoms with van der Waals surface area (Å²) in [6.07, 6.45) is 6.86. The van der Waals surface area contributed by atoms with Crippen molar-refractivity contribution >= 4 is 11.8 Å². The van der Waals surface area contributed by atoms with Crippen molar-refractivity contribution in [3.63, 3.8) is 0 Å². The van der Waals surface area contributed by atoms with Gasteiger partial charge >= 0.3 is 0 Å². The Morgan fingerprint density at radius 2 is 2.00 bits per heavy atom. The maximum absolute atomic E-state index is 13.2. The van der Waals surface area contributed by atoms with Gasteiger partial charge < -0.3 is 14.5 Å². The van der Waals surface area contributed by atoms with Gasteiger partial charge in [-0.15, -0.1) is 0 Å². The Hall–Kier alpha value is -1.89. The first-order valence-corrected chi connectivity index (χ1v) is 10.2. The van der Waals surface area contributed by atoms with Gasteiger partial charge in [0.05, 0.1) is 12.0 Å². The van der Waals surface area contributed by atoms with Gasteiger partial charge in [0, 0.05) is 51.6 Å². The molecular weight excluding hydrogens is 344 g/mol. The van der Waals surface area contributed by atoms with Crippen LogP contribution in [0.2, 0.25) is 0 Å². The Kier molecular flexibility index (Phi) is 4.97. The molecule has 0 bridgehead atoms. The fourth-order valence-electron chi connectivity index (χ4n) is 5.09. The summed E-state index contributed by atoms with van der Waals surface area (Å²) in [4.78, 5) is 30.1. The molecule has 2 saturated heterocycles. The molecule has 1 atom stereocenters. The molecule has 2 fully saturated rings. The molecule has 7 heteroatoms. The van der Waals surface area contributed by atoms with E-state index in [1.807, 2.05) is 21.5 Å². The van der Waals surface area contributed by atoms with E-state index in [0.29, 0.717) is 31.9 Å². The lowest BCUT2D eigenvalue weighted by atomic mass is 9.78. The minimum absolute atomic E-state index is 0.00689. The van der Waals surface area contributed by atoms with E-state index in [9.17, 15) is 9.59 Å². The highest BCUT2D eigenvalue weighted by Crippen LogP contribution is 2.40. The van der Waals surface area contributed by atoms with E-state index in [1.165, 1.54) is 12.1 Å². The van der Waals surface area contributed by atoms with Crippen LogP contribution in [0.4, 0.5) is 0 Å². The molecule has 1 aliphatic carbocycles. The number of carbonyl (C=O) groups is 2. The number of rotatable bonds is 4. The minimum Gasteiger partial charge on any atom is -0.383 e. The Balaban J connectivity index is 1.51. The molecule has 0 saturated carbocycles. The average molecular weight is 374 g/mol. The van der Waals surface area contributed by atoms with Gasteiger partial charge in [-0.2, -0.15) is 5.10 Å². The topological polar surface area (TPSA) is 67.7 Å². The van der Waals surface area contributed by atoms with Gasteiger partial charge in [0.2, 0.25) is 5.91 Å². The molecule has 7 nitrogen and oxygen atoms in total. The van der Waals surface area contributed by atoms with E-state index >= 15 is 0 Å². The molecule has 148 valence electrons. The lowest BCUT2D eigenvalue weighted by Crippen LogP contribution is -2.51. The molecule has 4 rings (SSSR count). The highest BCUT2D eigenvalue weighted by molar-refractivity contribution is 5.95. The zero-order valence-corrected chi connectivity index (χ0v) is 16.5. The standard InChI is InChI=1S/C20H30N4O3/c1-22-16-7-4-3-6-15(16)17(21-22)18(25)24-11-9-20(14-24)8-5-10-23(19(20)26)12-13-27-2/h3-14H2,1-2H3/t20-/m1/s1. The fourth-order valence-corrected chi connectivity index (χ4v) is 5.09. The smallest absolute Gasteiger partial charge is 0.274 e. The minimum atomic E-state index is -0.406. The van der Waals surface area contributed by atoms with Gasteiger partial charge in [-0.25, -0.2) is 0 Å². The summed E-state index contributed by atoms with van der Waals surface area (Å²) in [5, 5.41) is 4.56. The Morgan fingerprint density at radius 3 is 2.81 bits per heavy atom. The summed E-state index contributed by atoms with van der Waals surface area (Å²) >= 11 is 0. The van der Waals surface area contributed by atoms with Crippen LogP contribution in [0.25, 0.3) is 0 Å². The van der Waals surface area contributed by atoms with Crippen LogP contribution in [0, 0.1) is 5.41 Å². The number of fused-ring (bicyclic) bond motifs is 1. The van der Waals surface area contributed by atoms with Crippen molar-refractivity contribution in [2.24, 2.45) is 12.5 Å². The van der Waals surface area contributed by atoms with E-state index < -0.39 is 5.41 Å². The predicted molar refractivity (Wildman–Crippen MR) is 100 cm³/mol. The van der Waals surface area contributed by atoms with Gasteiger partial charge in [0.25, 0.3) is 5.91 Å². The SMILES string of the molecule is COCCN1CCC[C@]2(CCN(C(=O)c3nn(C)c4c3CCCC4)C2)C1=O. The zero-order chi connectivity index (χ0) is 19.0. The van der Waals surface area contributed by atoms with E-state index in [1.54, 1.807) is 7.11 Å². The van der Waals surface area contributed by atoms with Crippen molar-refractivity contribution in [1.29, 1.82) is 0 Å². The largest absolute Gasteiger partial charge is 0.383 e. The molecule has 2 amide bonds. The molecule has 3 aliphatic rings. The fraction of sp³-hybridized carbons (Fsp3) is 0.750. The number of amides is 2. The van der Waals surface area contributed by atoms with Crippen LogP contribution in [0.5, 0.6) is 0 Å².